The Morgan fingerprint density at radius 1 is 0.575 bits per heavy atom. The van der Waals surface area contributed by atoms with Crippen LogP contribution in [0.5, 0.6) is 0 Å². The summed E-state index contributed by atoms with van der Waals surface area (Å²) < 4.78 is 19.9. The molecule has 2 fully saturated rings. The lowest BCUT2D eigenvalue weighted by Gasteiger charge is -2.31. The molecule has 40 heavy (non-hydrogen) atoms. The van der Waals surface area contributed by atoms with Gasteiger partial charge < -0.3 is 14.2 Å². The van der Waals surface area contributed by atoms with Crippen molar-refractivity contribution >= 4 is 0 Å². The summed E-state index contributed by atoms with van der Waals surface area (Å²) in [5.74, 6) is 0.375. The van der Waals surface area contributed by atoms with Crippen LogP contribution in [0.2, 0.25) is 0 Å². The molecule has 6 rings (SSSR count). The molecule has 2 aliphatic rings. The maximum Gasteiger partial charge on any atom is 0.103 e. The summed E-state index contributed by atoms with van der Waals surface area (Å²) >= 11 is 0. The minimum Gasteiger partial charge on any atom is -0.376 e. The molecule has 0 aromatic heterocycles. The number of nitrogens with zero attached hydrogens (tertiary/aromatic N) is 1. The highest BCUT2D eigenvalue weighted by Crippen LogP contribution is 2.45. The largest absolute Gasteiger partial charge is 0.376 e. The molecular weight excluding hydrogens is 498 g/mol. The zero-order valence-corrected chi connectivity index (χ0v) is 22.8. The number of rotatable bonds is 12. The predicted octanol–water partition coefficient (Wildman–Crippen LogP) is 6.44. The van der Waals surface area contributed by atoms with Crippen molar-refractivity contribution in [1.82, 2.24) is 5.06 Å². The van der Waals surface area contributed by atoms with E-state index >= 15 is 0 Å². The summed E-state index contributed by atoms with van der Waals surface area (Å²) in [6, 6.07) is 41.6. The molecule has 0 N–H and O–H groups in total. The molecule has 0 spiro atoms. The van der Waals surface area contributed by atoms with Crippen molar-refractivity contribution in [3.8, 4) is 0 Å². The number of benzene rings is 4. The summed E-state index contributed by atoms with van der Waals surface area (Å²) in [6.07, 6.45) is -0.290. The number of fused-ring (bicyclic) bond motifs is 1. The second-order valence-electron chi connectivity index (χ2n) is 10.7. The molecule has 0 radical (unpaired) electrons. The lowest BCUT2D eigenvalue weighted by atomic mass is 9.94. The van der Waals surface area contributed by atoms with Crippen LogP contribution in [0.15, 0.2) is 121 Å². The number of ether oxygens (including phenoxy) is 3. The highest BCUT2D eigenvalue weighted by molar-refractivity contribution is 5.18. The van der Waals surface area contributed by atoms with Crippen LogP contribution in [0.3, 0.4) is 0 Å². The van der Waals surface area contributed by atoms with Crippen molar-refractivity contribution in [2.24, 2.45) is 11.8 Å². The lowest BCUT2D eigenvalue weighted by Crippen LogP contribution is -2.43. The number of hydrogen-bond donors (Lipinski definition) is 0. The SMILES string of the molecule is c1ccc(COC[C@H]2[C@@H]3CON(Cc4ccccc4)[C@@H]3[C@H](OCc3ccccc3)[C@H]2OCc2ccccc2)cc1. The first-order valence-corrected chi connectivity index (χ1v) is 14.2. The van der Waals surface area contributed by atoms with Gasteiger partial charge in [0.15, 0.2) is 0 Å². The molecule has 1 saturated carbocycles. The van der Waals surface area contributed by atoms with Gasteiger partial charge in [-0.2, -0.15) is 5.06 Å². The van der Waals surface area contributed by atoms with Gasteiger partial charge in [-0.25, -0.2) is 0 Å². The van der Waals surface area contributed by atoms with Gasteiger partial charge >= 0.3 is 0 Å². The van der Waals surface area contributed by atoms with Crippen LogP contribution in [-0.2, 0) is 45.4 Å². The molecule has 0 bridgehead atoms. The van der Waals surface area contributed by atoms with E-state index < -0.39 is 0 Å². The third-order valence-electron chi connectivity index (χ3n) is 8.01. The third kappa shape index (κ3) is 6.52. The maximum atomic E-state index is 6.76. The molecule has 4 aromatic rings. The molecule has 1 heterocycles. The van der Waals surface area contributed by atoms with Crippen LogP contribution >= 0.6 is 0 Å². The Kier molecular flexibility index (Phi) is 8.98. The van der Waals surface area contributed by atoms with Gasteiger partial charge in [-0.05, 0) is 22.3 Å². The van der Waals surface area contributed by atoms with Crippen LogP contribution in [0.4, 0.5) is 0 Å². The molecule has 1 aliphatic heterocycles. The molecule has 5 nitrogen and oxygen atoms in total. The molecular formula is C35H37NO4. The van der Waals surface area contributed by atoms with E-state index in [2.05, 4.69) is 102 Å². The summed E-state index contributed by atoms with van der Waals surface area (Å²) in [6.45, 7) is 3.55. The van der Waals surface area contributed by atoms with E-state index in [9.17, 15) is 0 Å². The molecule has 0 amide bonds. The Balaban J connectivity index is 1.25. The van der Waals surface area contributed by atoms with Crippen molar-refractivity contribution in [1.29, 1.82) is 0 Å². The first-order chi connectivity index (χ1) is 19.8. The Morgan fingerprint density at radius 3 is 1.60 bits per heavy atom. The van der Waals surface area contributed by atoms with Gasteiger partial charge in [0.25, 0.3) is 0 Å². The van der Waals surface area contributed by atoms with Crippen LogP contribution in [0.25, 0.3) is 0 Å². The number of hydroxylamine groups is 2. The normalized spacial score (nSPS) is 24.2. The van der Waals surface area contributed by atoms with E-state index in [0.29, 0.717) is 39.6 Å². The van der Waals surface area contributed by atoms with Crippen molar-refractivity contribution in [3.05, 3.63) is 144 Å². The minimum absolute atomic E-state index is 0.0648. The van der Waals surface area contributed by atoms with Gasteiger partial charge in [-0.15, -0.1) is 0 Å². The fourth-order valence-electron chi connectivity index (χ4n) is 6.01. The van der Waals surface area contributed by atoms with Gasteiger partial charge in [0, 0.05) is 18.4 Å². The van der Waals surface area contributed by atoms with Crippen molar-refractivity contribution in [3.63, 3.8) is 0 Å². The van der Waals surface area contributed by atoms with Gasteiger partial charge in [0.2, 0.25) is 0 Å². The van der Waals surface area contributed by atoms with Gasteiger partial charge in [-0.1, -0.05) is 121 Å². The van der Waals surface area contributed by atoms with Crippen LogP contribution in [-0.4, -0.2) is 36.5 Å². The Hall–Kier alpha value is -3.32. The van der Waals surface area contributed by atoms with Crippen LogP contribution < -0.4 is 0 Å². The van der Waals surface area contributed by atoms with E-state index in [1.54, 1.807) is 0 Å². The van der Waals surface area contributed by atoms with Crippen LogP contribution in [0, 0.1) is 11.8 Å². The van der Waals surface area contributed by atoms with Crippen molar-refractivity contribution in [2.75, 3.05) is 13.2 Å². The summed E-state index contributed by atoms with van der Waals surface area (Å²) in [5, 5.41) is 2.13. The van der Waals surface area contributed by atoms with Gasteiger partial charge in [-0.3, -0.25) is 4.84 Å². The van der Waals surface area contributed by atoms with E-state index in [4.69, 9.17) is 19.0 Å². The Morgan fingerprint density at radius 2 is 1.05 bits per heavy atom. The van der Waals surface area contributed by atoms with E-state index in [1.807, 2.05) is 24.3 Å². The maximum absolute atomic E-state index is 6.76. The second-order valence-corrected chi connectivity index (χ2v) is 10.7. The van der Waals surface area contributed by atoms with E-state index in [-0.39, 0.29) is 30.1 Å². The first kappa shape index (κ1) is 26.9. The fourth-order valence-corrected chi connectivity index (χ4v) is 6.01. The zero-order chi connectivity index (χ0) is 27.0. The average Bonchev–Trinajstić information content (AvgIpc) is 3.55. The monoisotopic (exact) mass is 535 g/mol. The topological polar surface area (TPSA) is 40.2 Å². The van der Waals surface area contributed by atoms with Crippen LogP contribution in [0.1, 0.15) is 22.3 Å². The lowest BCUT2D eigenvalue weighted by molar-refractivity contribution is -0.188. The molecule has 1 saturated heterocycles. The second kappa shape index (κ2) is 13.4. The molecule has 206 valence electrons. The van der Waals surface area contributed by atoms with E-state index in [1.165, 1.54) is 11.1 Å². The van der Waals surface area contributed by atoms with Gasteiger partial charge in [0.05, 0.1) is 45.2 Å². The third-order valence-corrected chi connectivity index (χ3v) is 8.01. The average molecular weight is 536 g/mol. The standard InChI is InChI=1S/C35H37NO4/c1-5-13-27(14-6-1)21-36-33-31(26-40-36)32(25-37-22-28-15-7-2-8-16-28)34(38-23-29-17-9-3-10-18-29)35(33)39-24-30-19-11-4-12-20-30/h1-20,31-35H,21-26H2/t31-,32-,33-,34-,35-/m0/s1. The smallest absolute Gasteiger partial charge is 0.103 e. The molecule has 4 aromatic carbocycles. The molecule has 5 atom stereocenters. The van der Waals surface area contributed by atoms with Crippen molar-refractivity contribution < 1.29 is 19.0 Å². The van der Waals surface area contributed by atoms with E-state index in [0.717, 1.165) is 11.1 Å². The predicted molar refractivity (Wildman–Crippen MR) is 155 cm³/mol. The summed E-state index contributed by atoms with van der Waals surface area (Å²) in [7, 11) is 0. The molecule has 5 heteroatoms. The van der Waals surface area contributed by atoms with Crippen molar-refractivity contribution in [2.45, 2.75) is 44.6 Å². The minimum atomic E-state index is -0.162. The quantitative estimate of drug-likeness (QED) is 0.209. The molecule has 1 aliphatic carbocycles. The fraction of sp³-hybridized carbons (Fsp3) is 0.314. The Bertz CT molecular complexity index is 1290. The zero-order valence-electron chi connectivity index (χ0n) is 22.8. The molecule has 0 unspecified atom stereocenters. The summed E-state index contributed by atoms with van der Waals surface area (Å²) in [4.78, 5) is 6.35. The number of hydrogen-bond acceptors (Lipinski definition) is 5. The Labute approximate surface area is 237 Å². The highest BCUT2D eigenvalue weighted by Gasteiger charge is 2.57. The highest BCUT2D eigenvalue weighted by atomic mass is 16.7. The van der Waals surface area contributed by atoms with Gasteiger partial charge in [0.1, 0.15) is 6.10 Å². The summed E-state index contributed by atoms with van der Waals surface area (Å²) in [5.41, 5.74) is 4.69. The first-order valence-electron chi connectivity index (χ1n) is 14.2.